The van der Waals surface area contributed by atoms with Gasteiger partial charge >= 0.3 is 0 Å². The lowest BCUT2D eigenvalue weighted by molar-refractivity contribution is 0.493. The zero-order valence-corrected chi connectivity index (χ0v) is 8.14. The van der Waals surface area contributed by atoms with E-state index in [4.69, 9.17) is 5.73 Å². The van der Waals surface area contributed by atoms with E-state index in [0.717, 1.165) is 19.6 Å². The predicted molar refractivity (Wildman–Crippen MR) is 54.2 cm³/mol. The number of hydrogen-bond donors (Lipinski definition) is 3. The van der Waals surface area contributed by atoms with E-state index in [1.807, 2.05) is 13.0 Å². The lowest BCUT2D eigenvalue weighted by Crippen LogP contribution is -2.41. The summed E-state index contributed by atoms with van der Waals surface area (Å²) in [6.45, 7) is 10.5. The molecule has 4 N–H and O–H groups in total. The van der Waals surface area contributed by atoms with Crippen LogP contribution >= 0.6 is 0 Å². The average molecular weight is 171 g/mol. The maximum Gasteiger partial charge on any atom is 0.0164 e. The van der Waals surface area contributed by atoms with Crippen LogP contribution in [0.25, 0.3) is 0 Å². The molecule has 72 valence electrons. The Bertz CT molecular complexity index is 112. The first-order valence-electron chi connectivity index (χ1n) is 4.47. The minimum Gasteiger partial charge on any atom is -0.327 e. The van der Waals surface area contributed by atoms with Crippen molar-refractivity contribution in [2.75, 3.05) is 19.6 Å². The molecule has 0 aromatic rings. The Labute approximate surface area is 75.4 Å². The molecule has 0 heterocycles. The zero-order valence-electron chi connectivity index (χ0n) is 8.14. The molecule has 3 heteroatoms. The molecule has 0 bridgehead atoms. The van der Waals surface area contributed by atoms with Gasteiger partial charge in [0, 0.05) is 31.7 Å². The van der Waals surface area contributed by atoms with Crippen LogP contribution in [-0.4, -0.2) is 31.7 Å². The summed E-state index contributed by atoms with van der Waals surface area (Å²) in [7, 11) is 0. The molecular formula is C9H21N3. The number of hydrogen-bond acceptors (Lipinski definition) is 3. The maximum atomic E-state index is 5.60. The topological polar surface area (TPSA) is 50.1 Å². The number of nitrogens with one attached hydrogen (secondary N) is 2. The van der Waals surface area contributed by atoms with Crippen molar-refractivity contribution in [2.45, 2.75) is 25.9 Å². The summed E-state index contributed by atoms with van der Waals surface area (Å²) in [6.07, 6.45) is 1.86. The van der Waals surface area contributed by atoms with E-state index in [9.17, 15) is 0 Å². The van der Waals surface area contributed by atoms with Crippen molar-refractivity contribution in [2.24, 2.45) is 5.73 Å². The van der Waals surface area contributed by atoms with Crippen molar-refractivity contribution >= 4 is 0 Å². The van der Waals surface area contributed by atoms with Crippen LogP contribution in [0, 0.1) is 0 Å². The van der Waals surface area contributed by atoms with Crippen LogP contribution in [0.2, 0.25) is 0 Å². The first-order chi connectivity index (χ1) is 5.66. The second-order valence-corrected chi connectivity index (χ2v) is 3.23. The molecule has 0 radical (unpaired) electrons. The molecule has 2 atom stereocenters. The van der Waals surface area contributed by atoms with Gasteiger partial charge in [0.1, 0.15) is 0 Å². The Morgan fingerprint density at radius 2 is 2.08 bits per heavy atom. The first-order valence-corrected chi connectivity index (χ1v) is 4.47. The Morgan fingerprint density at radius 1 is 1.42 bits per heavy atom. The van der Waals surface area contributed by atoms with Crippen LogP contribution in [0.1, 0.15) is 13.8 Å². The van der Waals surface area contributed by atoms with Crippen molar-refractivity contribution in [3.63, 3.8) is 0 Å². The van der Waals surface area contributed by atoms with Crippen LogP contribution in [0.15, 0.2) is 12.7 Å². The van der Waals surface area contributed by atoms with Gasteiger partial charge in [-0.1, -0.05) is 6.08 Å². The number of rotatable bonds is 7. The molecule has 0 spiro atoms. The van der Waals surface area contributed by atoms with Gasteiger partial charge in [0.2, 0.25) is 0 Å². The van der Waals surface area contributed by atoms with E-state index in [1.165, 1.54) is 0 Å². The average Bonchev–Trinajstić information content (AvgIpc) is 2.01. The van der Waals surface area contributed by atoms with E-state index in [1.54, 1.807) is 0 Å². The van der Waals surface area contributed by atoms with E-state index < -0.39 is 0 Å². The zero-order chi connectivity index (χ0) is 9.40. The lowest BCUT2D eigenvalue weighted by Gasteiger charge is -2.15. The van der Waals surface area contributed by atoms with Crippen LogP contribution < -0.4 is 16.4 Å². The third kappa shape index (κ3) is 7.72. The van der Waals surface area contributed by atoms with Crippen molar-refractivity contribution < 1.29 is 0 Å². The minimum atomic E-state index is 0.229. The van der Waals surface area contributed by atoms with E-state index >= 15 is 0 Å². The van der Waals surface area contributed by atoms with Gasteiger partial charge in [0.25, 0.3) is 0 Å². The van der Waals surface area contributed by atoms with Crippen molar-refractivity contribution in [1.29, 1.82) is 0 Å². The number of nitrogens with two attached hydrogens (primary N) is 1. The van der Waals surface area contributed by atoms with Crippen LogP contribution in [-0.2, 0) is 0 Å². The molecule has 0 aromatic carbocycles. The van der Waals surface area contributed by atoms with Crippen LogP contribution in [0.3, 0.4) is 0 Å². The highest BCUT2D eigenvalue weighted by molar-refractivity contribution is 4.73. The fraction of sp³-hybridized carbons (Fsp3) is 0.778. The van der Waals surface area contributed by atoms with Crippen LogP contribution in [0.4, 0.5) is 0 Å². The smallest absolute Gasteiger partial charge is 0.0164 e. The Balaban J connectivity index is 3.21. The van der Waals surface area contributed by atoms with Gasteiger partial charge in [-0.05, 0) is 13.8 Å². The van der Waals surface area contributed by atoms with Crippen LogP contribution in [0.5, 0.6) is 0 Å². The highest BCUT2D eigenvalue weighted by Crippen LogP contribution is 1.79. The quantitative estimate of drug-likeness (QED) is 0.376. The third-order valence-corrected chi connectivity index (χ3v) is 1.53. The molecule has 0 saturated carbocycles. The van der Waals surface area contributed by atoms with E-state index in [-0.39, 0.29) is 6.04 Å². The van der Waals surface area contributed by atoms with Gasteiger partial charge in [-0.2, -0.15) is 0 Å². The monoisotopic (exact) mass is 171 g/mol. The molecule has 0 amide bonds. The summed E-state index contributed by atoms with van der Waals surface area (Å²) in [5.41, 5.74) is 5.60. The molecule has 3 nitrogen and oxygen atoms in total. The standard InChI is InChI=1S/C9H21N3/c1-4-5-11-7-9(3)12-6-8(2)10/h4,8-9,11-12H,1,5-7,10H2,2-3H3. The van der Waals surface area contributed by atoms with Gasteiger partial charge in [-0.15, -0.1) is 6.58 Å². The molecule has 0 aliphatic carbocycles. The third-order valence-electron chi connectivity index (χ3n) is 1.53. The maximum absolute atomic E-state index is 5.60. The van der Waals surface area contributed by atoms with Gasteiger partial charge < -0.3 is 16.4 Å². The van der Waals surface area contributed by atoms with Gasteiger partial charge in [0.15, 0.2) is 0 Å². The molecule has 0 aliphatic rings. The summed E-state index contributed by atoms with van der Waals surface area (Å²) >= 11 is 0. The molecule has 0 aromatic heterocycles. The SMILES string of the molecule is C=CCNCC(C)NCC(C)N. The summed E-state index contributed by atoms with van der Waals surface area (Å²) in [6, 6.07) is 0.697. The van der Waals surface area contributed by atoms with Crippen molar-refractivity contribution in [3.05, 3.63) is 12.7 Å². The second kappa shape index (κ2) is 7.28. The second-order valence-electron chi connectivity index (χ2n) is 3.23. The molecule has 2 unspecified atom stereocenters. The highest BCUT2D eigenvalue weighted by Gasteiger charge is 2.00. The Morgan fingerprint density at radius 3 is 2.58 bits per heavy atom. The Hall–Kier alpha value is -0.380. The molecule has 0 rings (SSSR count). The van der Waals surface area contributed by atoms with E-state index in [2.05, 4.69) is 24.1 Å². The predicted octanol–water partition coefficient (Wildman–Crippen LogP) is 0.0873. The lowest BCUT2D eigenvalue weighted by atomic mass is 10.3. The van der Waals surface area contributed by atoms with Gasteiger partial charge in [-0.25, -0.2) is 0 Å². The summed E-state index contributed by atoms with van der Waals surface area (Å²) in [5, 5.41) is 6.56. The minimum absolute atomic E-state index is 0.229. The Kier molecular flexibility index (Phi) is 7.05. The highest BCUT2D eigenvalue weighted by atomic mass is 15.0. The summed E-state index contributed by atoms with van der Waals surface area (Å²) in [4.78, 5) is 0. The largest absolute Gasteiger partial charge is 0.327 e. The van der Waals surface area contributed by atoms with Crippen molar-refractivity contribution in [1.82, 2.24) is 10.6 Å². The van der Waals surface area contributed by atoms with Gasteiger partial charge in [-0.3, -0.25) is 0 Å². The van der Waals surface area contributed by atoms with E-state index in [0.29, 0.717) is 6.04 Å². The molecular weight excluding hydrogens is 150 g/mol. The molecule has 0 fully saturated rings. The molecule has 12 heavy (non-hydrogen) atoms. The normalized spacial score (nSPS) is 15.6. The van der Waals surface area contributed by atoms with Gasteiger partial charge in [0.05, 0.1) is 0 Å². The fourth-order valence-electron chi connectivity index (χ4n) is 0.861. The molecule has 0 saturated heterocycles. The summed E-state index contributed by atoms with van der Waals surface area (Å²) < 4.78 is 0. The fourth-order valence-corrected chi connectivity index (χ4v) is 0.861. The summed E-state index contributed by atoms with van der Waals surface area (Å²) in [5.74, 6) is 0. The molecule has 0 aliphatic heterocycles. The first kappa shape index (κ1) is 11.6. The van der Waals surface area contributed by atoms with Crippen molar-refractivity contribution in [3.8, 4) is 0 Å².